The zero-order valence-electron chi connectivity index (χ0n) is 8.34. The number of aromatic nitrogens is 2. The lowest BCUT2D eigenvalue weighted by molar-refractivity contribution is 0.399. The highest BCUT2D eigenvalue weighted by atomic mass is 16.5. The highest BCUT2D eigenvalue weighted by Crippen LogP contribution is 2.26. The second kappa shape index (κ2) is 3.96. The van der Waals surface area contributed by atoms with Gasteiger partial charge in [0.05, 0.1) is 7.11 Å². The molecule has 0 saturated heterocycles. The van der Waals surface area contributed by atoms with Crippen molar-refractivity contribution >= 4 is 5.82 Å². The van der Waals surface area contributed by atoms with E-state index in [4.69, 9.17) is 10.5 Å². The molecule has 0 atom stereocenters. The number of methoxy groups -OCH3 is 1. The highest BCUT2D eigenvalue weighted by molar-refractivity contribution is 5.68. The SMILES string of the molecule is COc1ncccc1-c1ccc(N)nc1. The van der Waals surface area contributed by atoms with Gasteiger partial charge in [-0.3, -0.25) is 0 Å². The largest absolute Gasteiger partial charge is 0.481 e. The fraction of sp³-hybridized carbons (Fsp3) is 0.0909. The van der Waals surface area contributed by atoms with Crippen LogP contribution in [0.5, 0.6) is 5.88 Å². The lowest BCUT2D eigenvalue weighted by Crippen LogP contribution is -1.93. The van der Waals surface area contributed by atoms with E-state index >= 15 is 0 Å². The smallest absolute Gasteiger partial charge is 0.221 e. The summed E-state index contributed by atoms with van der Waals surface area (Å²) in [4.78, 5) is 8.14. The van der Waals surface area contributed by atoms with Crippen LogP contribution in [-0.4, -0.2) is 17.1 Å². The van der Waals surface area contributed by atoms with Crippen molar-refractivity contribution in [1.82, 2.24) is 9.97 Å². The molecule has 2 N–H and O–H groups in total. The minimum absolute atomic E-state index is 0.501. The topological polar surface area (TPSA) is 61.0 Å². The molecule has 0 unspecified atom stereocenters. The fourth-order valence-electron chi connectivity index (χ4n) is 1.34. The Morgan fingerprint density at radius 3 is 2.73 bits per heavy atom. The van der Waals surface area contributed by atoms with Gasteiger partial charge in [0.1, 0.15) is 5.82 Å². The number of hydrogen-bond acceptors (Lipinski definition) is 4. The van der Waals surface area contributed by atoms with E-state index in [1.165, 1.54) is 0 Å². The fourth-order valence-corrected chi connectivity index (χ4v) is 1.34. The first-order valence-corrected chi connectivity index (χ1v) is 4.52. The summed E-state index contributed by atoms with van der Waals surface area (Å²) in [5, 5.41) is 0. The lowest BCUT2D eigenvalue weighted by atomic mass is 10.1. The van der Waals surface area contributed by atoms with Gasteiger partial charge in [0.2, 0.25) is 5.88 Å². The van der Waals surface area contributed by atoms with Crippen molar-refractivity contribution in [3.05, 3.63) is 36.7 Å². The molecule has 0 aliphatic rings. The van der Waals surface area contributed by atoms with Crippen LogP contribution in [0.2, 0.25) is 0 Å². The maximum Gasteiger partial charge on any atom is 0.221 e. The number of nitrogens with zero attached hydrogens (tertiary/aromatic N) is 2. The van der Waals surface area contributed by atoms with Crippen molar-refractivity contribution in [2.24, 2.45) is 0 Å². The Hall–Kier alpha value is -2.10. The third kappa shape index (κ3) is 1.88. The first-order valence-electron chi connectivity index (χ1n) is 4.52. The predicted octanol–water partition coefficient (Wildman–Crippen LogP) is 1.73. The summed E-state index contributed by atoms with van der Waals surface area (Å²) in [5.41, 5.74) is 7.37. The van der Waals surface area contributed by atoms with Crippen LogP contribution in [0.3, 0.4) is 0 Å². The first kappa shape index (κ1) is 9.45. The molecular weight excluding hydrogens is 190 g/mol. The molecule has 0 aromatic carbocycles. The number of anilines is 1. The van der Waals surface area contributed by atoms with E-state index in [1.807, 2.05) is 18.2 Å². The minimum atomic E-state index is 0.501. The van der Waals surface area contributed by atoms with Crippen molar-refractivity contribution in [3.8, 4) is 17.0 Å². The molecule has 76 valence electrons. The lowest BCUT2D eigenvalue weighted by Gasteiger charge is -2.06. The third-order valence-corrected chi connectivity index (χ3v) is 2.06. The molecule has 2 rings (SSSR count). The van der Waals surface area contributed by atoms with Gasteiger partial charge in [0, 0.05) is 23.5 Å². The second-order valence-corrected chi connectivity index (χ2v) is 3.03. The zero-order chi connectivity index (χ0) is 10.7. The minimum Gasteiger partial charge on any atom is -0.481 e. The maximum atomic E-state index is 5.52. The van der Waals surface area contributed by atoms with Crippen LogP contribution < -0.4 is 10.5 Å². The standard InChI is InChI=1S/C11H11N3O/c1-15-11-9(3-2-6-13-11)8-4-5-10(12)14-7-8/h2-7H,1H3,(H2,12,14). The molecule has 2 aromatic heterocycles. The summed E-state index contributed by atoms with van der Waals surface area (Å²) in [6.45, 7) is 0. The second-order valence-electron chi connectivity index (χ2n) is 3.03. The average molecular weight is 201 g/mol. The Labute approximate surface area is 87.7 Å². The van der Waals surface area contributed by atoms with Crippen LogP contribution >= 0.6 is 0 Å². The zero-order valence-corrected chi connectivity index (χ0v) is 8.34. The normalized spacial score (nSPS) is 9.93. The molecule has 0 radical (unpaired) electrons. The quantitative estimate of drug-likeness (QED) is 0.803. The van der Waals surface area contributed by atoms with Gasteiger partial charge in [-0.05, 0) is 24.3 Å². The molecule has 0 bridgehead atoms. The van der Waals surface area contributed by atoms with Crippen LogP contribution in [0.1, 0.15) is 0 Å². The third-order valence-electron chi connectivity index (χ3n) is 2.06. The van der Waals surface area contributed by atoms with Crippen molar-refractivity contribution in [2.75, 3.05) is 12.8 Å². The maximum absolute atomic E-state index is 5.52. The summed E-state index contributed by atoms with van der Waals surface area (Å²) in [6, 6.07) is 7.43. The molecule has 4 heteroatoms. The van der Waals surface area contributed by atoms with Gasteiger partial charge in [-0.25, -0.2) is 9.97 Å². The summed E-state index contributed by atoms with van der Waals surface area (Å²) in [6.07, 6.45) is 3.39. The molecular formula is C11H11N3O. The summed E-state index contributed by atoms with van der Waals surface area (Å²) >= 11 is 0. The molecule has 0 spiro atoms. The van der Waals surface area contributed by atoms with E-state index in [0.29, 0.717) is 11.7 Å². The first-order chi connectivity index (χ1) is 7.31. The van der Waals surface area contributed by atoms with Crippen LogP contribution in [0.4, 0.5) is 5.82 Å². The van der Waals surface area contributed by atoms with Gasteiger partial charge in [-0.2, -0.15) is 0 Å². The van der Waals surface area contributed by atoms with E-state index in [2.05, 4.69) is 9.97 Å². The molecule has 0 aliphatic heterocycles. The van der Waals surface area contributed by atoms with Crippen LogP contribution in [0, 0.1) is 0 Å². The highest BCUT2D eigenvalue weighted by Gasteiger charge is 2.05. The van der Waals surface area contributed by atoms with Gasteiger partial charge >= 0.3 is 0 Å². The Kier molecular flexibility index (Phi) is 2.49. The van der Waals surface area contributed by atoms with E-state index < -0.39 is 0 Å². The number of nitrogen functional groups attached to an aromatic ring is 1. The molecule has 4 nitrogen and oxygen atoms in total. The summed E-state index contributed by atoms with van der Waals surface area (Å²) in [7, 11) is 1.59. The van der Waals surface area contributed by atoms with Crippen LogP contribution in [0.15, 0.2) is 36.7 Å². The molecule has 2 aromatic rings. The van der Waals surface area contributed by atoms with Gasteiger partial charge in [0.15, 0.2) is 0 Å². The number of rotatable bonds is 2. The van der Waals surface area contributed by atoms with E-state index in [-0.39, 0.29) is 0 Å². The van der Waals surface area contributed by atoms with Crippen LogP contribution in [-0.2, 0) is 0 Å². The van der Waals surface area contributed by atoms with E-state index in [1.54, 1.807) is 25.6 Å². The van der Waals surface area contributed by atoms with Crippen molar-refractivity contribution < 1.29 is 4.74 Å². The van der Waals surface area contributed by atoms with E-state index in [9.17, 15) is 0 Å². The Morgan fingerprint density at radius 1 is 1.20 bits per heavy atom. The predicted molar refractivity (Wildman–Crippen MR) is 58.4 cm³/mol. The number of hydrogen-bond donors (Lipinski definition) is 1. The molecule has 15 heavy (non-hydrogen) atoms. The van der Waals surface area contributed by atoms with Crippen molar-refractivity contribution in [2.45, 2.75) is 0 Å². The number of ether oxygens (including phenoxy) is 1. The molecule has 2 heterocycles. The van der Waals surface area contributed by atoms with E-state index in [0.717, 1.165) is 11.1 Å². The molecule has 0 saturated carbocycles. The summed E-state index contributed by atoms with van der Waals surface area (Å²) < 4.78 is 5.16. The van der Waals surface area contributed by atoms with Crippen molar-refractivity contribution in [1.29, 1.82) is 0 Å². The van der Waals surface area contributed by atoms with Gasteiger partial charge in [0.25, 0.3) is 0 Å². The molecule has 0 amide bonds. The Balaban J connectivity index is 2.49. The van der Waals surface area contributed by atoms with Crippen LogP contribution in [0.25, 0.3) is 11.1 Å². The summed E-state index contributed by atoms with van der Waals surface area (Å²) in [5.74, 6) is 1.09. The molecule has 0 fully saturated rings. The van der Waals surface area contributed by atoms with Gasteiger partial charge in [-0.15, -0.1) is 0 Å². The van der Waals surface area contributed by atoms with Gasteiger partial charge in [-0.1, -0.05) is 0 Å². The number of nitrogens with two attached hydrogens (primary N) is 1. The van der Waals surface area contributed by atoms with Crippen molar-refractivity contribution in [3.63, 3.8) is 0 Å². The Bertz CT molecular complexity index is 454. The molecule has 0 aliphatic carbocycles. The number of pyridine rings is 2. The monoisotopic (exact) mass is 201 g/mol. The average Bonchev–Trinajstić information content (AvgIpc) is 2.30. The Morgan fingerprint density at radius 2 is 2.07 bits per heavy atom. The van der Waals surface area contributed by atoms with Gasteiger partial charge < -0.3 is 10.5 Å².